The number of hydrogen-bond donors (Lipinski definition) is 6. The van der Waals surface area contributed by atoms with Crippen molar-refractivity contribution in [3.05, 3.63) is 34.9 Å². The van der Waals surface area contributed by atoms with Gasteiger partial charge in [-0.2, -0.15) is 0 Å². The Hall–Kier alpha value is -2.74. The van der Waals surface area contributed by atoms with Crippen molar-refractivity contribution in [2.45, 2.75) is 109 Å². The monoisotopic (exact) mass is 609 g/mol. The summed E-state index contributed by atoms with van der Waals surface area (Å²) in [6.07, 6.45) is -6.89. The topological polar surface area (TPSA) is 184 Å². The standard InChI is InChI=1S/C31H47NO11/c1-14(2)9-22(40-7)27(37)28(38)32-29(41-8)23-13-24(36)31(5,6)25(42-23)12-19(34)16(4)21-10-17-15(3)18(33)11-20(35)26(17)30(39)43-21/h11,16,19,21-25,27,29,33-37H,1,9-10,12-13H2,2-8H3,(H,32,38)/t16-,19+,21-,22-,23+,24-,25-,27+,29-/m1/s1. The Morgan fingerprint density at radius 2 is 1.84 bits per heavy atom. The zero-order valence-electron chi connectivity index (χ0n) is 26.0. The van der Waals surface area contributed by atoms with Gasteiger partial charge >= 0.3 is 5.97 Å². The zero-order chi connectivity index (χ0) is 32.4. The number of hydrogen-bond acceptors (Lipinski definition) is 11. The Balaban J connectivity index is 1.73. The van der Waals surface area contributed by atoms with Crippen molar-refractivity contribution in [3.63, 3.8) is 0 Å². The van der Waals surface area contributed by atoms with Crippen LogP contribution >= 0.6 is 0 Å². The number of esters is 1. The summed E-state index contributed by atoms with van der Waals surface area (Å²) in [6, 6.07) is 1.10. The number of rotatable bonds is 12. The third-order valence-corrected chi connectivity index (χ3v) is 9.02. The van der Waals surface area contributed by atoms with Gasteiger partial charge in [0, 0.05) is 50.9 Å². The lowest BCUT2D eigenvalue weighted by Gasteiger charge is -2.48. The van der Waals surface area contributed by atoms with Gasteiger partial charge in [0.2, 0.25) is 0 Å². The second-order valence-corrected chi connectivity index (χ2v) is 12.5. The SMILES string of the molecule is C=C(C)C[C@@H](OC)[C@H](O)C(=O)N[C@H](OC)[C@@H]1C[C@@H](O)C(C)(C)[C@@H](C[C@H](O)[C@@H](C)[C@H]2Cc3c(C)c(O)cc(O)c3C(=O)O2)O1. The van der Waals surface area contributed by atoms with Crippen LogP contribution in [0.25, 0.3) is 0 Å². The maximum Gasteiger partial charge on any atom is 0.342 e. The molecule has 1 saturated heterocycles. The number of aliphatic hydroxyl groups excluding tert-OH is 3. The summed E-state index contributed by atoms with van der Waals surface area (Å²) in [5, 5.41) is 56.0. The minimum atomic E-state index is -1.50. The van der Waals surface area contributed by atoms with Crippen LogP contribution < -0.4 is 5.32 Å². The van der Waals surface area contributed by atoms with Crippen molar-refractivity contribution < 1.29 is 54.1 Å². The lowest BCUT2D eigenvalue weighted by molar-refractivity contribution is -0.217. The molecule has 1 amide bonds. The highest BCUT2D eigenvalue weighted by molar-refractivity contribution is 5.96. The lowest BCUT2D eigenvalue weighted by atomic mass is 9.73. The molecule has 0 spiro atoms. The molecule has 242 valence electrons. The van der Waals surface area contributed by atoms with Crippen LogP contribution in [0.5, 0.6) is 11.5 Å². The largest absolute Gasteiger partial charge is 0.508 e. The molecule has 0 bridgehead atoms. The van der Waals surface area contributed by atoms with Gasteiger partial charge in [0.25, 0.3) is 5.91 Å². The number of aromatic hydroxyl groups is 2. The summed E-state index contributed by atoms with van der Waals surface area (Å²) in [5.74, 6) is -2.57. The van der Waals surface area contributed by atoms with Crippen LogP contribution in [0.15, 0.2) is 18.2 Å². The van der Waals surface area contributed by atoms with E-state index in [4.69, 9.17) is 18.9 Å². The van der Waals surface area contributed by atoms with Gasteiger partial charge in [-0.25, -0.2) is 4.79 Å². The van der Waals surface area contributed by atoms with Gasteiger partial charge in [-0.3, -0.25) is 4.79 Å². The molecular formula is C31H47NO11. The summed E-state index contributed by atoms with van der Waals surface area (Å²) in [4.78, 5) is 25.6. The molecule has 1 aromatic rings. The summed E-state index contributed by atoms with van der Waals surface area (Å²) >= 11 is 0. The van der Waals surface area contributed by atoms with Crippen molar-refractivity contribution in [2.75, 3.05) is 14.2 Å². The first-order chi connectivity index (χ1) is 20.0. The number of fused-ring (bicyclic) bond motifs is 1. The van der Waals surface area contributed by atoms with E-state index in [0.717, 1.165) is 11.6 Å². The first-order valence-corrected chi connectivity index (χ1v) is 14.5. The number of carbonyl (C=O) groups excluding carboxylic acids is 2. The first kappa shape index (κ1) is 34.7. The van der Waals surface area contributed by atoms with E-state index >= 15 is 0 Å². The van der Waals surface area contributed by atoms with E-state index in [2.05, 4.69) is 11.9 Å². The molecule has 9 atom stereocenters. The fraction of sp³-hybridized carbons (Fsp3) is 0.677. The molecule has 12 heteroatoms. The fourth-order valence-electron chi connectivity index (χ4n) is 5.80. The molecule has 0 unspecified atom stereocenters. The number of phenolic OH excluding ortho intramolecular Hbond substituents is 2. The highest BCUT2D eigenvalue weighted by Crippen LogP contribution is 2.42. The van der Waals surface area contributed by atoms with E-state index in [0.29, 0.717) is 11.1 Å². The van der Waals surface area contributed by atoms with Crippen LogP contribution in [0.1, 0.15) is 68.4 Å². The predicted molar refractivity (Wildman–Crippen MR) is 155 cm³/mol. The molecule has 2 heterocycles. The normalized spacial score (nSPS) is 26.8. The van der Waals surface area contributed by atoms with Crippen molar-refractivity contribution in [3.8, 4) is 11.5 Å². The molecule has 12 nitrogen and oxygen atoms in total. The number of methoxy groups -OCH3 is 2. The van der Waals surface area contributed by atoms with Crippen molar-refractivity contribution >= 4 is 11.9 Å². The molecule has 2 aliphatic heterocycles. The van der Waals surface area contributed by atoms with Gasteiger partial charge in [0.05, 0.1) is 24.4 Å². The highest BCUT2D eigenvalue weighted by Gasteiger charge is 2.48. The van der Waals surface area contributed by atoms with E-state index in [9.17, 15) is 35.1 Å². The molecule has 3 rings (SSSR count). The summed E-state index contributed by atoms with van der Waals surface area (Å²) < 4.78 is 22.7. The van der Waals surface area contributed by atoms with Crippen LogP contribution in [0.2, 0.25) is 0 Å². The molecule has 0 saturated carbocycles. The average Bonchev–Trinajstić information content (AvgIpc) is 2.94. The van der Waals surface area contributed by atoms with Crippen LogP contribution in [-0.4, -0.2) is 101 Å². The quantitative estimate of drug-likeness (QED) is 0.115. The number of carbonyl (C=O) groups is 2. The molecule has 0 aromatic heterocycles. The molecule has 0 aliphatic carbocycles. The summed E-state index contributed by atoms with van der Waals surface area (Å²) in [6.45, 7) is 12.6. The average molecular weight is 610 g/mol. The van der Waals surface area contributed by atoms with E-state index in [1.54, 1.807) is 20.8 Å². The van der Waals surface area contributed by atoms with Crippen molar-refractivity contribution in [2.24, 2.45) is 11.3 Å². The number of ether oxygens (including phenoxy) is 4. The Morgan fingerprint density at radius 3 is 2.42 bits per heavy atom. The van der Waals surface area contributed by atoms with Gasteiger partial charge in [-0.15, -0.1) is 6.58 Å². The van der Waals surface area contributed by atoms with E-state index < -0.39 is 72.2 Å². The maximum absolute atomic E-state index is 12.9. The zero-order valence-corrected chi connectivity index (χ0v) is 26.0. The predicted octanol–water partition coefficient (Wildman–Crippen LogP) is 1.85. The van der Waals surface area contributed by atoms with E-state index in [1.807, 2.05) is 13.8 Å². The fourth-order valence-corrected chi connectivity index (χ4v) is 5.80. The lowest BCUT2D eigenvalue weighted by Crippen LogP contribution is -2.59. The number of aliphatic hydroxyl groups is 3. The van der Waals surface area contributed by atoms with Gasteiger partial charge < -0.3 is 49.8 Å². The molecule has 6 N–H and O–H groups in total. The van der Waals surface area contributed by atoms with Gasteiger partial charge in [0.15, 0.2) is 12.3 Å². The number of cyclic esters (lactones) is 1. The third kappa shape index (κ3) is 7.50. The molecule has 0 radical (unpaired) electrons. The minimum Gasteiger partial charge on any atom is -0.508 e. The highest BCUT2D eigenvalue weighted by atomic mass is 16.6. The first-order valence-electron chi connectivity index (χ1n) is 14.5. The number of benzene rings is 1. The Labute approximate surface area is 252 Å². The Bertz CT molecular complexity index is 1180. The van der Waals surface area contributed by atoms with Gasteiger partial charge in [-0.1, -0.05) is 26.3 Å². The minimum absolute atomic E-state index is 0.00479. The van der Waals surface area contributed by atoms with Crippen molar-refractivity contribution in [1.82, 2.24) is 5.32 Å². The molecule has 2 aliphatic rings. The van der Waals surface area contributed by atoms with Crippen LogP contribution in [-0.2, 0) is 30.2 Å². The summed E-state index contributed by atoms with van der Waals surface area (Å²) in [7, 11) is 2.76. The maximum atomic E-state index is 12.9. The van der Waals surface area contributed by atoms with E-state index in [1.165, 1.54) is 14.2 Å². The second-order valence-electron chi connectivity index (χ2n) is 12.5. The van der Waals surface area contributed by atoms with Gasteiger partial charge in [-0.05, 0) is 31.4 Å². The summed E-state index contributed by atoms with van der Waals surface area (Å²) in [5.41, 5.74) is 0.851. The Kier molecular flexibility index (Phi) is 11.2. The molecule has 1 fully saturated rings. The third-order valence-electron chi connectivity index (χ3n) is 9.02. The Morgan fingerprint density at radius 1 is 1.19 bits per heavy atom. The molecular weight excluding hydrogens is 562 g/mol. The number of amides is 1. The number of phenols is 2. The number of nitrogens with one attached hydrogen (secondary N) is 1. The smallest absolute Gasteiger partial charge is 0.342 e. The van der Waals surface area contributed by atoms with E-state index in [-0.39, 0.29) is 42.7 Å². The molecule has 1 aromatic carbocycles. The second kappa shape index (κ2) is 13.9. The van der Waals surface area contributed by atoms with Crippen LogP contribution in [0, 0.1) is 18.3 Å². The van der Waals surface area contributed by atoms with Crippen LogP contribution in [0.4, 0.5) is 0 Å². The molecule has 43 heavy (non-hydrogen) atoms. The van der Waals surface area contributed by atoms with Crippen molar-refractivity contribution in [1.29, 1.82) is 0 Å². The van der Waals surface area contributed by atoms with Crippen LogP contribution in [0.3, 0.4) is 0 Å². The van der Waals surface area contributed by atoms with Gasteiger partial charge in [0.1, 0.15) is 29.3 Å².